The lowest BCUT2D eigenvalue weighted by atomic mass is 9.89. The second kappa shape index (κ2) is 6.31. The normalized spacial score (nSPS) is 16.1. The zero-order chi connectivity index (χ0) is 19.2. The lowest BCUT2D eigenvalue weighted by molar-refractivity contribution is 0.0924. The van der Waals surface area contributed by atoms with Gasteiger partial charge in [-0.15, -0.1) is 0 Å². The molecule has 0 spiro atoms. The molecule has 0 saturated heterocycles. The van der Waals surface area contributed by atoms with Crippen LogP contribution in [-0.2, 0) is 0 Å². The fourth-order valence-corrected chi connectivity index (χ4v) is 3.25. The molecule has 0 radical (unpaired) electrons. The first-order chi connectivity index (χ1) is 12.2. The van der Waals surface area contributed by atoms with E-state index in [-0.39, 0.29) is 17.3 Å². The van der Waals surface area contributed by atoms with Crippen molar-refractivity contribution in [3.8, 4) is 11.5 Å². The summed E-state index contributed by atoms with van der Waals surface area (Å²) in [6, 6.07) is 1.42. The highest BCUT2D eigenvalue weighted by Gasteiger charge is 2.33. The predicted octanol–water partition coefficient (Wildman–Crippen LogP) is 4.52. The van der Waals surface area contributed by atoms with Crippen LogP contribution in [0, 0.1) is 12.8 Å². The van der Waals surface area contributed by atoms with Gasteiger partial charge in [-0.2, -0.15) is 0 Å². The molecule has 0 aliphatic carbocycles. The molecule has 1 aliphatic rings. The van der Waals surface area contributed by atoms with E-state index in [1.807, 2.05) is 46.8 Å². The maximum absolute atomic E-state index is 13.1. The molecule has 2 aromatic rings. The van der Waals surface area contributed by atoms with Crippen molar-refractivity contribution in [1.82, 2.24) is 0 Å². The van der Waals surface area contributed by atoms with Gasteiger partial charge in [0.2, 0.25) is 0 Å². The van der Waals surface area contributed by atoms with Crippen LogP contribution in [0.15, 0.2) is 21.4 Å². The molecule has 0 N–H and O–H groups in total. The number of fused-ring (bicyclic) bond motifs is 3. The maximum atomic E-state index is 13.1. The van der Waals surface area contributed by atoms with Crippen LogP contribution in [0.1, 0.15) is 55.6 Å². The van der Waals surface area contributed by atoms with Gasteiger partial charge < -0.3 is 13.9 Å². The van der Waals surface area contributed by atoms with Gasteiger partial charge >= 0.3 is 5.63 Å². The molecule has 0 amide bonds. The summed E-state index contributed by atoms with van der Waals surface area (Å²) in [4.78, 5) is 25.1. The van der Waals surface area contributed by atoms with Gasteiger partial charge in [-0.25, -0.2) is 4.79 Å². The third kappa shape index (κ3) is 2.81. The van der Waals surface area contributed by atoms with E-state index in [0.29, 0.717) is 40.0 Å². The van der Waals surface area contributed by atoms with Gasteiger partial charge in [0, 0.05) is 12.0 Å². The number of aryl methyl sites for hydroxylation is 1. The van der Waals surface area contributed by atoms with E-state index in [2.05, 4.69) is 0 Å². The Morgan fingerprint density at radius 2 is 2.04 bits per heavy atom. The lowest BCUT2D eigenvalue weighted by Crippen LogP contribution is -2.28. The Morgan fingerprint density at radius 1 is 1.35 bits per heavy atom. The number of hydrogen-bond acceptors (Lipinski definition) is 5. The lowest BCUT2D eigenvalue weighted by Gasteiger charge is -2.30. The fraction of sp³-hybridized carbons (Fsp3) is 0.429. The number of hydrogen-bond donors (Lipinski definition) is 0. The van der Waals surface area contributed by atoms with Crippen molar-refractivity contribution in [2.45, 2.75) is 46.6 Å². The van der Waals surface area contributed by atoms with Crippen LogP contribution in [0.25, 0.3) is 17.0 Å². The summed E-state index contributed by atoms with van der Waals surface area (Å²) in [6.45, 7) is 9.51. The first kappa shape index (κ1) is 18.2. The first-order valence-corrected chi connectivity index (χ1v) is 8.81. The van der Waals surface area contributed by atoms with Gasteiger partial charge in [-0.3, -0.25) is 4.79 Å². The van der Waals surface area contributed by atoms with Crippen LogP contribution < -0.4 is 15.1 Å². The molecule has 1 aromatic heterocycles. The van der Waals surface area contributed by atoms with E-state index in [4.69, 9.17) is 13.9 Å². The van der Waals surface area contributed by atoms with Crippen molar-refractivity contribution in [2.24, 2.45) is 5.92 Å². The van der Waals surface area contributed by atoms with Crippen molar-refractivity contribution in [3.63, 3.8) is 0 Å². The van der Waals surface area contributed by atoms with Crippen molar-refractivity contribution >= 4 is 22.8 Å². The van der Waals surface area contributed by atoms with Crippen LogP contribution in [-0.4, -0.2) is 18.5 Å². The summed E-state index contributed by atoms with van der Waals surface area (Å²) >= 11 is 0. The number of Topliss-reactive ketones (excluding diaryl/α,β-unsaturated/α-hetero) is 1. The van der Waals surface area contributed by atoms with Gasteiger partial charge in [-0.1, -0.05) is 13.8 Å². The van der Waals surface area contributed by atoms with E-state index < -0.39 is 11.2 Å². The Bertz CT molecular complexity index is 978. The number of benzene rings is 1. The molecule has 1 aliphatic heterocycles. The van der Waals surface area contributed by atoms with Gasteiger partial charge in [0.05, 0.1) is 18.1 Å². The molecule has 3 rings (SSSR count). The molecular formula is C21H24O5. The molecule has 1 aromatic carbocycles. The molecule has 2 heterocycles. The SMILES string of the molecule is CCC(C)C(=O)c1c(OC)c2c(c3c(C)cc(=O)oc13)OC(C)(C)C=C2. The molecule has 138 valence electrons. The largest absolute Gasteiger partial charge is 0.495 e. The van der Waals surface area contributed by atoms with Crippen molar-refractivity contribution in [3.05, 3.63) is 39.3 Å². The van der Waals surface area contributed by atoms with E-state index in [9.17, 15) is 9.59 Å². The van der Waals surface area contributed by atoms with Crippen LogP contribution >= 0.6 is 0 Å². The topological polar surface area (TPSA) is 65.7 Å². The third-order valence-electron chi connectivity index (χ3n) is 4.86. The number of ketones is 1. The average Bonchev–Trinajstić information content (AvgIpc) is 2.57. The minimum absolute atomic E-state index is 0.107. The summed E-state index contributed by atoms with van der Waals surface area (Å²) in [7, 11) is 1.51. The third-order valence-corrected chi connectivity index (χ3v) is 4.86. The molecule has 1 atom stereocenters. The Kier molecular flexibility index (Phi) is 4.42. The smallest absolute Gasteiger partial charge is 0.336 e. The number of carbonyl (C=O) groups excluding carboxylic acids is 1. The second-order valence-electron chi connectivity index (χ2n) is 7.32. The van der Waals surface area contributed by atoms with E-state index >= 15 is 0 Å². The van der Waals surface area contributed by atoms with Crippen LogP contribution in [0.3, 0.4) is 0 Å². The zero-order valence-electron chi connectivity index (χ0n) is 16.1. The first-order valence-electron chi connectivity index (χ1n) is 8.81. The Balaban J connectivity index is 2.52. The highest BCUT2D eigenvalue weighted by molar-refractivity contribution is 6.13. The van der Waals surface area contributed by atoms with Crippen molar-refractivity contribution in [2.75, 3.05) is 7.11 Å². The zero-order valence-corrected chi connectivity index (χ0v) is 16.1. The van der Waals surface area contributed by atoms with Crippen molar-refractivity contribution in [1.29, 1.82) is 0 Å². The van der Waals surface area contributed by atoms with Gasteiger partial charge in [0.15, 0.2) is 11.4 Å². The standard InChI is InChI=1S/C21H24O5/c1-7-11(2)17(23)16-18(24-6)13-8-9-21(4,5)26-19(13)15-12(3)10-14(22)25-20(15)16/h8-11H,7H2,1-6H3. The summed E-state index contributed by atoms with van der Waals surface area (Å²) in [5, 5.41) is 0.643. The Hall–Kier alpha value is -2.56. The van der Waals surface area contributed by atoms with Gasteiger partial charge in [-0.05, 0) is 44.9 Å². The predicted molar refractivity (Wildman–Crippen MR) is 101 cm³/mol. The maximum Gasteiger partial charge on any atom is 0.336 e. The van der Waals surface area contributed by atoms with E-state index in [0.717, 1.165) is 0 Å². The van der Waals surface area contributed by atoms with Gasteiger partial charge in [0.25, 0.3) is 0 Å². The number of rotatable bonds is 4. The molecule has 0 fully saturated rings. The summed E-state index contributed by atoms with van der Waals surface area (Å²) in [5.74, 6) is 0.634. The summed E-state index contributed by atoms with van der Waals surface area (Å²) in [5.41, 5.74) is 0.935. The van der Waals surface area contributed by atoms with Crippen molar-refractivity contribution < 1.29 is 18.7 Å². The minimum Gasteiger partial charge on any atom is -0.495 e. The van der Waals surface area contributed by atoms with Crippen LogP contribution in [0.2, 0.25) is 0 Å². The number of carbonyl (C=O) groups is 1. The molecule has 5 nitrogen and oxygen atoms in total. The molecule has 26 heavy (non-hydrogen) atoms. The molecule has 5 heteroatoms. The minimum atomic E-state index is -0.518. The quantitative estimate of drug-likeness (QED) is 0.595. The number of methoxy groups -OCH3 is 1. The monoisotopic (exact) mass is 356 g/mol. The molecule has 0 saturated carbocycles. The average molecular weight is 356 g/mol. The molecular weight excluding hydrogens is 332 g/mol. The second-order valence-corrected chi connectivity index (χ2v) is 7.32. The van der Waals surface area contributed by atoms with E-state index in [1.165, 1.54) is 13.2 Å². The Morgan fingerprint density at radius 3 is 2.65 bits per heavy atom. The van der Waals surface area contributed by atoms with E-state index in [1.54, 1.807) is 0 Å². The van der Waals surface area contributed by atoms with Gasteiger partial charge in [0.1, 0.15) is 22.7 Å². The molecule has 0 bridgehead atoms. The highest BCUT2D eigenvalue weighted by Crippen LogP contribution is 2.46. The number of ether oxygens (including phenoxy) is 2. The highest BCUT2D eigenvalue weighted by atomic mass is 16.5. The summed E-state index contributed by atoms with van der Waals surface area (Å²) < 4.78 is 17.3. The molecule has 1 unspecified atom stereocenters. The Labute approximate surface area is 152 Å². The van der Waals surface area contributed by atoms with Crippen LogP contribution in [0.4, 0.5) is 0 Å². The fourth-order valence-electron chi connectivity index (χ4n) is 3.25. The van der Waals surface area contributed by atoms with Crippen LogP contribution in [0.5, 0.6) is 11.5 Å². The summed E-state index contributed by atoms with van der Waals surface area (Å²) in [6.07, 6.45) is 4.51.